The molecule has 5 rings (SSSR count). The molecule has 2 aromatic heterocycles. The van der Waals surface area contributed by atoms with Gasteiger partial charge in [-0.15, -0.1) is 0 Å². The molecule has 4 aromatic rings. The number of benzene rings is 2. The molecular formula is C25H26ClN5. The van der Waals surface area contributed by atoms with E-state index in [0.29, 0.717) is 11.6 Å². The van der Waals surface area contributed by atoms with E-state index in [2.05, 4.69) is 75.3 Å². The summed E-state index contributed by atoms with van der Waals surface area (Å²) in [5, 5.41) is 5.09. The Morgan fingerprint density at radius 3 is 2.55 bits per heavy atom. The highest BCUT2D eigenvalue weighted by molar-refractivity contribution is 6.37. The summed E-state index contributed by atoms with van der Waals surface area (Å²) in [5.41, 5.74) is 13.6. The van der Waals surface area contributed by atoms with Crippen LogP contribution in [0.15, 0.2) is 60.8 Å². The Labute approximate surface area is 187 Å². The Balaban J connectivity index is 1.69. The molecule has 3 heterocycles. The van der Waals surface area contributed by atoms with Crippen molar-refractivity contribution in [2.24, 2.45) is 12.8 Å². The van der Waals surface area contributed by atoms with Crippen molar-refractivity contribution >= 4 is 28.3 Å². The third-order valence-corrected chi connectivity index (χ3v) is 6.41. The average molecular weight is 432 g/mol. The number of aryl methyl sites for hydroxylation is 1. The van der Waals surface area contributed by atoms with E-state index in [-0.39, 0.29) is 0 Å². The molecule has 5 nitrogen and oxygen atoms in total. The molecule has 1 fully saturated rings. The van der Waals surface area contributed by atoms with Crippen molar-refractivity contribution in [1.29, 1.82) is 0 Å². The van der Waals surface area contributed by atoms with Crippen LogP contribution in [0.1, 0.15) is 5.56 Å². The van der Waals surface area contributed by atoms with Crippen molar-refractivity contribution in [3.05, 3.63) is 71.4 Å². The number of hydrogen-bond acceptors (Lipinski definition) is 4. The summed E-state index contributed by atoms with van der Waals surface area (Å²) in [4.78, 5) is 7.07. The maximum Gasteiger partial charge on any atom is 0.142 e. The second-order valence-corrected chi connectivity index (χ2v) is 8.37. The number of rotatable bonds is 4. The molecule has 0 radical (unpaired) electrons. The van der Waals surface area contributed by atoms with Crippen LogP contribution in [0, 0.1) is 0 Å². The average Bonchev–Trinajstić information content (AvgIpc) is 3.13. The van der Waals surface area contributed by atoms with E-state index in [1.807, 2.05) is 6.07 Å². The number of pyridine rings is 1. The first kappa shape index (κ1) is 20.1. The van der Waals surface area contributed by atoms with Crippen LogP contribution in [0.4, 0.5) is 5.69 Å². The van der Waals surface area contributed by atoms with Gasteiger partial charge in [-0.1, -0.05) is 41.9 Å². The zero-order valence-corrected chi connectivity index (χ0v) is 18.4. The van der Waals surface area contributed by atoms with Gasteiger partial charge in [0, 0.05) is 62.6 Å². The first-order chi connectivity index (χ1) is 15.2. The minimum atomic E-state index is 0.499. The zero-order chi connectivity index (χ0) is 21.4. The van der Waals surface area contributed by atoms with Crippen molar-refractivity contribution in [2.45, 2.75) is 6.54 Å². The van der Waals surface area contributed by atoms with Gasteiger partial charge in [0.1, 0.15) is 5.65 Å². The minimum Gasteiger partial charge on any atom is -0.369 e. The molecule has 0 amide bonds. The van der Waals surface area contributed by atoms with E-state index in [1.165, 1.54) is 5.69 Å². The van der Waals surface area contributed by atoms with Crippen LogP contribution in [0.5, 0.6) is 0 Å². The Morgan fingerprint density at radius 2 is 1.81 bits per heavy atom. The van der Waals surface area contributed by atoms with Crippen LogP contribution in [-0.4, -0.2) is 35.7 Å². The van der Waals surface area contributed by atoms with Gasteiger partial charge in [-0.05, 0) is 41.0 Å². The van der Waals surface area contributed by atoms with Gasteiger partial charge in [0.25, 0.3) is 0 Å². The smallest absolute Gasteiger partial charge is 0.142 e. The summed E-state index contributed by atoms with van der Waals surface area (Å²) >= 11 is 6.69. The van der Waals surface area contributed by atoms with E-state index < -0.39 is 0 Å². The van der Waals surface area contributed by atoms with Crippen molar-refractivity contribution in [1.82, 2.24) is 14.9 Å². The molecule has 1 saturated heterocycles. The van der Waals surface area contributed by atoms with Gasteiger partial charge >= 0.3 is 0 Å². The van der Waals surface area contributed by atoms with Crippen LogP contribution in [-0.2, 0) is 13.6 Å². The fraction of sp³-hybridized carbons (Fsp3) is 0.240. The second kappa shape index (κ2) is 8.35. The molecule has 6 heteroatoms. The lowest BCUT2D eigenvalue weighted by Gasteiger charge is -2.29. The molecule has 0 saturated carbocycles. The van der Waals surface area contributed by atoms with Crippen LogP contribution >= 0.6 is 11.6 Å². The SMILES string of the molecule is Cn1c(-c2ccc(N3CCNCC3)cc2)c(-c2cccc(CN)c2)c2c(Cl)ccnc21. The van der Waals surface area contributed by atoms with Crippen LogP contribution < -0.4 is 16.0 Å². The Morgan fingerprint density at radius 1 is 1.03 bits per heavy atom. The van der Waals surface area contributed by atoms with Crippen molar-refractivity contribution in [2.75, 3.05) is 31.1 Å². The summed E-state index contributed by atoms with van der Waals surface area (Å²) in [7, 11) is 2.06. The molecule has 0 aliphatic carbocycles. The Kier molecular flexibility index (Phi) is 5.40. The predicted octanol–water partition coefficient (Wildman–Crippen LogP) is 4.43. The molecule has 2 aromatic carbocycles. The van der Waals surface area contributed by atoms with Crippen LogP contribution in [0.2, 0.25) is 5.02 Å². The van der Waals surface area contributed by atoms with Gasteiger partial charge in [0.05, 0.1) is 10.7 Å². The zero-order valence-electron chi connectivity index (χ0n) is 17.6. The highest BCUT2D eigenvalue weighted by Crippen LogP contribution is 2.42. The van der Waals surface area contributed by atoms with E-state index in [9.17, 15) is 0 Å². The summed E-state index contributed by atoms with van der Waals surface area (Å²) in [6.07, 6.45) is 1.77. The van der Waals surface area contributed by atoms with Gasteiger partial charge in [-0.3, -0.25) is 0 Å². The molecule has 0 atom stereocenters. The molecule has 3 N–H and O–H groups in total. The number of nitrogens with one attached hydrogen (secondary N) is 1. The number of nitrogens with two attached hydrogens (primary N) is 1. The normalized spacial score (nSPS) is 14.4. The van der Waals surface area contributed by atoms with Crippen molar-refractivity contribution < 1.29 is 0 Å². The summed E-state index contributed by atoms with van der Waals surface area (Å²) in [6.45, 7) is 4.61. The number of anilines is 1. The lowest BCUT2D eigenvalue weighted by molar-refractivity contribution is 0.589. The van der Waals surface area contributed by atoms with Crippen molar-refractivity contribution in [3.8, 4) is 22.4 Å². The highest BCUT2D eigenvalue weighted by Gasteiger charge is 2.21. The van der Waals surface area contributed by atoms with E-state index in [0.717, 1.165) is 65.2 Å². The fourth-order valence-electron chi connectivity index (χ4n) is 4.53. The molecule has 0 spiro atoms. The molecule has 158 valence electrons. The Bertz CT molecular complexity index is 1220. The van der Waals surface area contributed by atoms with Crippen LogP contribution in [0.25, 0.3) is 33.4 Å². The second-order valence-electron chi connectivity index (χ2n) is 7.96. The lowest BCUT2D eigenvalue weighted by Crippen LogP contribution is -2.43. The first-order valence-electron chi connectivity index (χ1n) is 10.7. The number of halogens is 1. The fourth-order valence-corrected chi connectivity index (χ4v) is 4.77. The lowest BCUT2D eigenvalue weighted by atomic mass is 9.97. The monoisotopic (exact) mass is 431 g/mol. The first-order valence-corrected chi connectivity index (χ1v) is 11.0. The third-order valence-electron chi connectivity index (χ3n) is 6.09. The molecular weight excluding hydrogens is 406 g/mol. The molecule has 1 aliphatic rings. The molecule has 31 heavy (non-hydrogen) atoms. The quantitative estimate of drug-likeness (QED) is 0.502. The topological polar surface area (TPSA) is 59.1 Å². The summed E-state index contributed by atoms with van der Waals surface area (Å²) in [6, 6.07) is 19.1. The maximum absolute atomic E-state index is 6.69. The predicted molar refractivity (Wildman–Crippen MR) is 130 cm³/mol. The number of aromatic nitrogens is 2. The maximum atomic E-state index is 6.69. The number of nitrogens with zero attached hydrogens (tertiary/aromatic N) is 3. The van der Waals surface area contributed by atoms with Crippen LogP contribution in [0.3, 0.4) is 0 Å². The minimum absolute atomic E-state index is 0.499. The molecule has 0 unspecified atom stereocenters. The Hall–Kier alpha value is -2.86. The summed E-state index contributed by atoms with van der Waals surface area (Å²) < 4.78 is 2.14. The largest absolute Gasteiger partial charge is 0.369 e. The molecule has 0 bridgehead atoms. The van der Waals surface area contributed by atoms with Gasteiger partial charge in [0.15, 0.2) is 0 Å². The van der Waals surface area contributed by atoms with Gasteiger partial charge in [0.2, 0.25) is 0 Å². The van der Waals surface area contributed by atoms with Gasteiger partial charge in [-0.2, -0.15) is 0 Å². The highest BCUT2D eigenvalue weighted by atomic mass is 35.5. The van der Waals surface area contributed by atoms with E-state index >= 15 is 0 Å². The molecule has 1 aliphatic heterocycles. The van der Waals surface area contributed by atoms with Gasteiger partial charge in [-0.25, -0.2) is 4.98 Å². The number of piperazine rings is 1. The standard InChI is InChI=1S/C25H26ClN5/c1-30-24(18-5-7-20(8-6-18)31-13-11-28-12-14-31)22(19-4-2-3-17(15-19)16-27)23-21(26)9-10-29-25(23)30/h2-10,15,28H,11-14,16,27H2,1H3. The third kappa shape index (κ3) is 3.59. The number of fused-ring (bicyclic) bond motifs is 1. The van der Waals surface area contributed by atoms with Crippen molar-refractivity contribution in [3.63, 3.8) is 0 Å². The number of hydrogen-bond donors (Lipinski definition) is 2. The van der Waals surface area contributed by atoms with Gasteiger partial charge < -0.3 is 20.5 Å². The van der Waals surface area contributed by atoms with E-state index in [1.54, 1.807) is 6.20 Å². The van der Waals surface area contributed by atoms with E-state index in [4.69, 9.17) is 17.3 Å². The summed E-state index contributed by atoms with van der Waals surface area (Å²) in [5.74, 6) is 0.